The van der Waals surface area contributed by atoms with Crippen LogP contribution in [0.3, 0.4) is 0 Å². The van der Waals surface area contributed by atoms with Gasteiger partial charge in [-0.05, 0) is 58.2 Å². The monoisotopic (exact) mass is 381 g/mol. The second-order valence-corrected chi connectivity index (χ2v) is 5.09. The number of carbonyl (C=O) groups is 2. The number of carboxylic acids is 1. The van der Waals surface area contributed by atoms with Crippen LogP contribution >= 0.6 is 0 Å². The lowest BCUT2D eigenvalue weighted by molar-refractivity contribution is -0.131. The van der Waals surface area contributed by atoms with Gasteiger partial charge in [0.25, 0.3) is 0 Å². The first-order chi connectivity index (χ1) is 13.5. The molecule has 8 nitrogen and oxygen atoms in total. The fourth-order valence-corrected chi connectivity index (χ4v) is 1.90. The molecule has 0 aromatic heterocycles. The molecule has 1 amide bonds. The van der Waals surface area contributed by atoms with Gasteiger partial charge in [0.1, 0.15) is 11.5 Å². The molecule has 0 aliphatic rings. The van der Waals surface area contributed by atoms with E-state index in [4.69, 9.17) is 20.1 Å². The summed E-state index contributed by atoms with van der Waals surface area (Å²) in [4.78, 5) is 23.4. The first kappa shape index (κ1) is 22.0. The van der Waals surface area contributed by atoms with E-state index in [1.54, 1.807) is 56.7 Å². The number of nitrogens with zero attached hydrogens (tertiary/aromatic N) is 3. The summed E-state index contributed by atoms with van der Waals surface area (Å²) >= 11 is 0. The van der Waals surface area contributed by atoms with Gasteiger partial charge in [-0.3, -0.25) is 4.79 Å². The Hall–Kier alpha value is -4.03. The minimum atomic E-state index is -0.956. The van der Waals surface area contributed by atoms with Crippen LogP contribution in [-0.4, -0.2) is 31.2 Å². The number of aliphatic carboxylic acids is 1. The lowest BCUT2D eigenvalue weighted by atomic mass is 10.2. The molecular weight excluding hydrogens is 362 g/mol. The van der Waals surface area contributed by atoms with Crippen molar-refractivity contribution in [2.24, 2.45) is 5.11 Å². The van der Waals surface area contributed by atoms with Crippen molar-refractivity contribution in [1.82, 2.24) is 0 Å². The van der Waals surface area contributed by atoms with Crippen molar-refractivity contribution in [3.05, 3.63) is 82.3 Å². The van der Waals surface area contributed by atoms with Gasteiger partial charge in [0, 0.05) is 11.0 Å². The molecule has 2 aromatic rings. The lowest BCUT2D eigenvalue weighted by Gasteiger charge is -1.99. The average Bonchev–Trinajstić information content (AvgIpc) is 2.72. The third-order valence-electron chi connectivity index (χ3n) is 3.17. The maximum absolute atomic E-state index is 10.8. The molecule has 0 aliphatic carbocycles. The predicted molar refractivity (Wildman–Crippen MR) is 106 cm³/mol. The van der Waals surface area contributed by atoms with E-state index in [0.29, 0.717) is 11.5 Å². The second kappa shape index (κ2) is 12.3. The van der Waals surface area contributed by atoms with Crippen LogP contribution in [0.25, 0.3) is 22.6 Å². The van der Waals surface area contributed by atoms with Crippen molar-refractivity contribution < 1.29 is 24.2 Å². The molecule has 0 aliphatic heterocycles. The van der Waals surface area contributed by atoms with Crippen molar-refractivity contribution in [2.75, 3.05) is 14.2 Å². The van der Waals surface area contributed by atoms with Crippen molar-refractivity contribution in [1.29, 1.82) is 0 Å². The fourth-order valence-electron chi connectivity index (χ4n) is 1.90. The summed E-state index contributed by atoms with van der Waals surface area (Å²) < 4.78 is 9.99. The maximum atomic E-state index is 10.8. The van der Waals surface area contributed by atoms with Gasteiger partial charge in [0.05, 0.1) is 14.2 Å². The molecule has 0 bridgehead atoms. The number of hydrogen-bond acceptors (Lipinski definition) is 4. The Balaban J connectivity index is 0.000000283. The summed E-state index contributed by atoms with van der Waals surface area (Å²) in [6.45, 7) is 0. The second-order valence-electron chi connectivity index (χ2n) is 5.09. The van der Waals surface area contributed by atoms with E-state index < -0.39 is 11.9 Å². The molecule has 0 heterocycles. The van der Waals surface area contributed by atoms with Crippen molar-refractivity contribution in [3.8, 4) is 11.5 Å². The molecule has 2 rings (SSSR count). The van der Waals surface area contributed by atoms with Crippen LogP contribution in [0.5, 0.6) is 11.5 Å². The summed E-state index contributed by atoms with van der Waals surface area (Å²) in [5, 5.41) is 11.3. The van der Waals surface area contributed by atoms with E-state index in [1.807, 2.05) is 12.1 Å². The SMILES string of the molecule is COc1cccc(/C=C/C(=O)N=[N+]=[N-])c1.COc1cccc(/C=C/C(=O)O)c1. The summed E-state index contributed by atoms with van der Waals surface area (Å²) in [6, 6.07) is 14.4. The Kier molecular flexibility index (Phi) is 9.70. The van der Waals surface area contributed by atoms with Crippen LogP contribution in [0.1, 0.15) is 11.1 Å². The van der Waals surface area contributed by atoms with Gasteiger partial charge in [0.15, 0.2) is 0 Å². The highest BCUT2D eigenvalue weighted by molar-refractivity contribution is 5.92. The van der Waals surface area contributed by atoms with E-state index in [9.17, 15) is 9.59 Å². The number of carboxylic acid groups (broad SMARTS) is 1. The lowest BCUT2D eigenvalue weighted by Crippen LogP contribution is -1.86. The smallest absolute Gasteiger partial charge is 0.328 e. The Morgan fingerprint density at radius 1 is 0.964 bits per heavy atom. The van der Waals surface area contributed by atoms with Crippen LogP contribution in [0.4, 0.5) is 0 Å². The largest absolute Gasteiger partial charge is 0.497 e. The Bertz CT molecular complexity index is 916. The topological polar surface area (TPSA) is 122 Å². The van der Waals surface area contributed by atoms with Gasteiger partial charge in [0.2, 0.25) is 5.91 Å². The zero-order valence-corrected chi connectivity index (χ0v) is 15.4. The normalized spacial score (nSPS) is 9.93. The average molecular weight is 381 g/mol. The Labute approximate surface area is 162 Å². The first-order valence-corrected chi connectivity index (χ1v) is 7.94. The fraction of sp³-hybridized carbons (Fsp3) is 0.100. The minimum absolute atomic E-state index is 0.625. The highest BCUT2D eigenvalue weighted by atomic mass is 16.5. The molecule has 0 saturated heterocycles. The molecule has 0 radical (unpaired) electrons. The van der Waals surface area contributed by atoms with Gasteiger partial charge in [-0.25, -0.2) is 4.79 Å². The predicted octanol–water partition coefficient (Wildman–Crippen LogP) is 4.34. The van der Waals surface area contributed by atoms with E-state index in [-0.39, 0.29) is 0 Å². The summed E-state index contributed by atoms with van der Waals surface area (Å²) in [5.41, 5.74) is 9.61. The third kappa shape index (κ3) is 8.89. The first-order valence-electron chi connectivity index (χ1n) is 7.94. The van der Waals surface area contributed by atoms with Crippen LogP contribution in [0.15, 0.2) is 65.8 Å². The third-order valence-corrected chi connectivity index (χ3v) is 3.17. The molecule has 0 atom stereocenters. The molecule has 8 heteroatoms. The van der Waals surface area contributed by atoms with E-state index in [1.165, 1.54) is 12.2 Å². The van der Waals surface area contributed by atoms with Gasteiger partial charge in [-0.1, -0.05) is 30.3 Å². The van der Waals surface area contributed by atoms with Crippen molar-refractivity contribution >= 4 is 24.0 Å². The molecule has 0 saturated carbocycles. The highest BCUT2D eigenvalue weighted by Crippen LogP contribution is 2.14. The quantitative estimate of drug-likeness (QED) is 0.345. The number of rotatable bonds is 6. The number of carbonyl (C=O) groups excluding carboxylic acids is 1. The Morgan fingerprint density at radius 3 is 1.89 bits per heavy atom. The molecular formula is C20H19N3O5. The van der Waals surface area contributed by atoms with Gasteiger partial charge in [-0.15, -0.1) is 0 Å². The zero-order valence-electron chi connectivity index (χ0n) is 15.4. The van der Waals surface area contributed by atoms with Crippen LogP contribution in [0.2, 0.25) is 0 Å². The summed E-state index contributed by atoms with van der Waals surface area (Å²) in [5.74, 6) is -0.163. The highest BCUT2D eigenvalue weighted by Gasteiger charge is 1.94. The molecule has 28 heavy (non-hydrogen) atoms. The van der Waals surface area contributed by atoms with Crippen molar-refractivity contribution in [2.45, 2.75) is 0 Å². The van der Waals surface area contributed by atoms with E-state index in [0.717, 1.165) is 17.2 Å². The maximum Gasteiger partial charge on any atom is 0.328 e. The zero-order chi connectivity index (χ0) is 20.8. The number of ether oxygens (including phenoxy) is 2. The van der Waals surface area contributed by atoms with Gasteiger partial charge in [-0.2, -0.15) is 0 Å². The van der Waals surface area contributed by atoms with Crippen LogP contribution < -0.4 is 9.47 Å². The molecule has 2 aromatic carbocycles. The standard InChI is InChI=1S/C10H9N3O2.C10H10O3/c1-15-9-4-2-3-8(7-9)5-6-10(14)12-13-11;1-13-9-4-2-3-8(7-9)5-6-10(11)12/h2-7H,1H3;2-7H,1H3,(H,11,12)/b2*6-5+. The van der Waals surface area contributed by atoms with Crippen LogP contribution in [0, 0.1) is 0 Å². The van der Waals surface area contributed by atoms with E-state index in [2.05, 4.69) is 10.0 Å². The van der Waals surface area contributed by atoms with Crippen LogP contribution in [-0.2, 0) is 9.59 Å². The minimum Gasteiger partial charge on any atom is -0.497 e. The van der Waals surface area contributed by atoms with Crippen molar-refractivity contribution in [3.63, 3.8) is 0 Å². The number of hydrogen-bond donors (Lipinski definition) is 1. The molecule has 1 N–H and O–H groups in total. The molecule has 144 valence electrons. The number of methoxy groups -OCH3 is 2. The number of azide groups is 1. The van der Waals surface area contributed by atoms with E-state index >= 15 is 0 Å². The number of benzene rings is 2. The Morgan fingerprint density at radius 2 is 1.46 bits per heavy atom. The number of amides is 1. The summed E-state index contributed by atoms with van der Waals surface area (Å²) in [6.07, 6.45) is 5.37. The molecule has 0 fully saturated rings. The van der Waals surface area contributed by atoms with Gasteiger partial charge < -0.3 is 14.6 Å². The molecule has 0 unspecified atom stereocenters. The summed E-state index contributed by atoms with van der Waals surface area (Å²) in [7, 11) is 3.13. The molecule has 0 spiro atoms. The van der Waals surface area contributed by atoms with Gasteiger partial charge >= 0.3 is 5.97 Å².